The summed E-state index contributed by atoms with van der Waals surface area (Å²) in [6, 6.07) is 0. The molecular weight excluding hydrogens is 333 g/mol. The molecule has 1 atom stereocenters. The Morgan fingerprint density at radius 1 is 1.20 bits per heavy atom. The SMILES string of the molecule is CCN(C)CC1CCN(c2nn3c(C(F)(F)F)nnc3c(C)c2C)C1. The predicted molar refractivity (Wildman–Crippen MR) is 88.7 cm³/mol. The molecule has 0 spiro atoms. The van der Waals surface area contributed by atoms with Gasteiger partial charge in [-0.15, -0.1) is 15.3 Å². The lowest BCUT2D eigenvalue weighted by Gasteiger charge is -2.22. The molecule has 3 heterocycles. The Hall–Kier alpha value is -1.90. The quantitative estimate of drug-likeness (QED) is 0.843. The zero-order valence-corrected chi connectivity index (χ0v) is 14.9. The van der Waals surface area contributed by atoms with Crippen molar-refractivity contribution in [1.29, 1.82) is 0 Å². The average molecular weight is 356 g/mol. The van der Waals surface area contributed by atoms with E-state index >= 15 is 0 Å². The summed E-state index contributed by atoms with van der Waals surface area (Å²) in [4.78, 5) is 4.33. The zero-order chi connectivity index (χ0) is 18.4. The third-order valence-electron chi connectivity index (χ3n) is 5.02. The van der Waals surface area contributed by atoms with E-state index in [0.717, 1.165) is 42.7 Å². The van der Waals surface area contributed by atoms with Gasteiger partial charge < -0.3 is 9.80 Å². The van der Waals surface area contributed by atoms with Crippen molar-refractivity contribution < 1.29 is 13.2 Å². The molecule has 1 aliphatic rings. The third-order valence-corrected chi connectivity index (χ3v) is 5.02. The highest BCUT2D eigenvalue weighted by atomic mass is 19.4. The van der Waals surface area contributed by atoms with Crippen LogP contribution in [0.25, 0.3) is 5.65 Å². The van der Waals surface area contributed by atoms with E-state index in [9.17, 15) is 13.2 Å². The molecule has 0 bridgehead atoms. The van der Waals surface area contributed by atoms with Crippen molar-refractivity contribution in [3.8, 4) is 0 Å². The van der Waals surface area contributed by atoms with Gasteiger partial charge in [0.1, 0.15) is 0 Å². The van der Waals surface area contributed by atoms with Gasteiger partial charge >= 0.3 is 6.18 Å². The summed E-state index contributed by atoms with van der Waals surface area (Å²) in [6.07, 6.45) is -3.57. The lowest BCUT2D eigenvalue weighted by atomic mass is 10.1. The van der Waals surface area contributed by atoms with Gasteiger partial charge in [-0.1, -0.05) is 6.92 Å². The number of hydrogen-bond donors (Lipinski definition) is 0. The molecule has 1 aliphatic heterocycles. The second kappa shape index (κ2) is 6.44. The van der Waals surface area contributed by atoms with Gasteiger partial charge in [0.15, 0.2) is 11.5 Å². The maximum Gasteiger partial charge on any atom is 0.453 e. The summed E-state index contributed by atoms with van der Waals surface area (Å²) in [5.74, 6) is 0.00965. The highest BCUT2D eigenvalue weighted by Gasteiger charge is 2.38. The summed E-state index contributed by atoms with van der Waals surface area (Å²) >= 11 is 0. The predicted octanol–water partition coefficient (Wildman–Crippen LogP) is 2.54. The van der Waals surface area contributed by atoms with Gasteiger partial charge in [-0.25, -0.2) is 0 Å². The van der Waals surface area contributed by atoms with E-state index in [1.165, 1.54) is 0 Å². The van der Waals surface area contributed by atoms with Crippen LogP contribution in [0.2, 0.25) is 0 Å². The number of hydrogen-bond acceptors (Lipinski definition) is 5. The molecule has 9 heteroatoms. The topological polar surface area (TPSA) is 49.6 Å². The number of rotatable bonds is 4. The monoisotopic (exact) mass is 356 g/mol. The van der Waals surface area contributed by atoms with E-state index in [4.69, 9.17) is 0 Å². The van der Waals surface area contributed by atoms with Crippen LogP contribution in [-0.2, 0) is 6.18 Å². The fraction of sp³-hybridized carbons (Fsp3) is 0.688. The van der Waals surface area contributed by atoms with Gasteiger partial charge in [0.25, 0.3) is 5.82 Å². The van der Waals surface area contributed by atoms with Crippen LogP contribution < -0.4 is 4.90 Å². The summed E-state index contributed by atoms with van der Waals surface area (Å²) in [5.41, 5.74) is 1.70. The number of aryl methyl sites for hydroxylation is 1. The molecule has 0 saturated carbocycles. The molecule has 138 valence electrons. The van der Waals surface area contributed by atoms with Crippen molar-refractivity contribution in [3.63, 3.8) is 0 Å². The summed E-state index contributed by atoms with van der Waals surface area (Å²) in [6.45, 7) is 9.31. The van der Waals surface area contributed by atoms with Gasteiger partial charge in [-0.2, -0.15) is 17.7 Å². The molecule has 25 heavy (non-hydrogen) atoms. The third kappa shape index (κ3) is 3.29. The zero-order valence-electron chi connectivity index (χ0n) is 14.9. The standard InChI is InChI=1S/C16H23F3N6/c1-5-23(4)8-12-6-7-24(9-12)14-11(3)10(2)13-20-21-15(16(17,18)19)25(13)22-14/h12H,5-9H2,1-4H3. The van der Waals surface area contributed by atoms with Crippen molar-refractivity contribution in [1.82, 2.24) is 24.7 Å². The second-order valence-corrected chi connectivity index (χ2v) is 6.79. The van der Waals surface area contributed by atoms with E-state index in [1.807, 2.05) is 6.92 Å². The Kier molecular flexibility index (Phi) is 4.61. The molecule has 0 amide bonds. The van der Waals surface area contributed by atoms with Gasteiger partial charge in [0, 0.05) is 30.8 Å². The highest BCUT2D eigenvalue weighted by molar-refractivity contribution is 5.59. The Bertz CT molecular complexity index is 769. The second-order valence-electron chi connectivity index (χ2n) is 6.79. The van der Waals surface area contributed by atoms with Crippen molar-refractivity contribution in [2.24, 2.45) is 5.92 Å². The number of nitrogens with zero attached hydrogens (tertiary/aromatic N) is 6. The number of fused-ring (bicyclic) bond motifs is 1. The maximum atomic E-state index is 13.2. The van der Waals surface area contributed by atoms with Gasteiger partial charge in [-0.3, -0.25) is 0 Å². The van der Waals surface area contributed by atoms with Crippen LogP contribution in [0.15, 0.2) is 0 Å². The molecule has 2 aromatic rings. The first-order valence-corrected chi connectivity index (χ1v) is 8.45. The summed E-state index contributed by atoms with van der Waals surface area (Å²) in [5, 5.41) is 11.2. The molecule has 1 saturated heterocycles. The van der Waals surface area contributed by atoms with Crippen LogP contribution in [0.4, 0.5) is 19.0 Å². The van der Waals surface area contributed by atoms with Crippen LogP contribution in [-0.4, -0.2) is 57.9 Å². The molecular formula is C16H23F3N6. The molecule has 0 radical (unpaired) electrons. The van der Waals surface area contributed by atoms with E-state index in [0.29, 0.717) is 17.3 Å². The first kappa shape index (κ1) is 17.9. The Morgan fingerprint density at radius 3 is 2.56 bits per heavy atom. The van der Waals surface area contributed by atoms with Crippen LogP contribution in [0.1, 0.15) is 30.3 Å². The van der Waals surface area contributed by atoms with Gasteiger partial charge in [0.05, 0.1) is 0 Å². The molecule has 0 N–H and O–H groups in total. The van der Waals surface area contributed by atoms with Gasteiger partial charge in [0.2, 0.25) is 0 Å². The highest BCUT2D eigenvalue weighted by Crippen LogP contribution is 2.32. The summed E-state index contributed by atoms with van der Waals surface area (Å²) < 4.78 is 40.3. The number of alkyl halides is 3. The smallest absolute Gasteiger partial charge is 0.355 e. The number of halogens is 3. The van der Waals surface area contributed by atoms with Crippen molar-refractivity contribution >= 4 is 11.5 Å². The van der Waals surface area contributed by atoms with E-state index in [-0.39, 0.29) is 5.65 Å². The lowest BCUT2D eigenvalue weighted by molar-refractivity contribution is -0.146. The minimum Gasteiger partial charge on any atom is -0.355 e. The maximum absolute atomic E-state index is 13.2. The van der Waals surface area contributed by atoms with Crippen LogP contribution >= 0.6 is 0 Å². The molecule has 3 rings (SSSR count). The summed E-state index contributed by atoms with van der Waals surface area (Å²) in [7, 11) is 2.08. The van der Waals surface area contributed by atoms with Crippen molar-refractivity contribution in [2.45, 2.75) is 33.4 Å². The first-order chi connectivity index (χ1) is 11.7. The molecule has 1 unspecified atom stereocenters. The van der Waals surface area contributed by atoms with Crippen LogP contribution in [0, 0.1) is 19.8 Å². The normalized spacial score (nSPS) is 18.7. The first-order valence-electron chi connectivity index (χ1n) is 8.45. The fourth-order valence-electron chi connectivity index (χ4n) is 3.33. The van der Waals surface area contributed by atoms with Gasteiger partial charge in [-0.05, 0) is 39.8 Å². The van der Waals surface area contributed by atoms with Crippen LogP contribution in [0.3, 0.4) is 0 Å². The van der Waals surface area contributed by atoms with E-state index in [2.05, 4.69) is 39.1 Å². The Labute approximate surface area is 144 Å². The Morgan fingerprint density at radius 2 is 1.92 bits per heavy atom. The van der Waals surface area contributed by atoms with Crippen LogP contribution in [0.5, 0.6) is 0 Å². The molecule has 0 aliphatic carbocycles. The van der Waals surface area contributed by atoms with Crippen molar-refractivity contribution in [2.75, 3.05) is 38.1 Å². The van der Waals surface area contributed by atoms with E-state index in [1.54, 1.807) is 6.92 Å². The largest absolute Gasteiger partial charge is 0.453 e. The average Bonchev–Trinajstić information content (AvgIpc) is 3.16. The number of aromatic nitrogens is 4. The minimum atomic E-state index is -4.58. The number of anilines is 1. The van der Waals surface area contributed by atoms with E-state index < -0.39 is 12.0 Å². The Balaban J connectivity index is 1.96. The van der Waals surface area contributed by atoms with Crippen molar-refractivity contribution in [3.05, 3.63) is 17.0 Å². The molecule has 6 nitrogen and oxygen atoms in total. The molecule has 0 aromatic carbocycles. The fourth-order valence-corrected chi connectivity index (χ4v) is 3.33. The lowest BCUT2D eigenvalue weighted by Crippen LogP contribution is -2.29. The molecule has 1 fully saturated rings. The molecule has 2 aromatic heterocycles. The minimum absolute atomic E-state index is 0.162.